The minimum absolute atomic E-state index is 0.122. The van der Waals surface area contributed by atoms with Crippen LogP contribution in [0, 0.1) is 17.6 Å². The van der Waals surface area contributed by atoms with Gasteiger partial charge < -0.3 is 11.1 Å². The molecular weight excluding hydrogens is 416 g/mol. The predicted molar refractivity (Wildman–Crippen MR) is 113 cm³/mol. The highest BCUT2D eigenvalue weighted by atomic mass is 35.5. The van der Waals surface area contributed by atoms with Gasteiger partial charge in [-0.25, -0.2) is 8.78 Å². The van der Waals surface area contributed by atoms with Gasteiger partial charge in [-0.05, 0) is 55.2 Å². The fourth-order valence-electron chi connectivity index (χ4n) is 4.43. The van der Waals surface area contributed by atoms with E-state index in [9.17, 15) is 13.6 Å². The van der Waals surface area contributed by atoms with Gasteiger partial charge in [0.15, 0.2) is 0 Å². The normalized spacial score (nSPS) is 26.6. The van der Waals surface area contributed by atoms with Crippen LogP contribution in [0.5, 0.6) is 0 Å². The Labute approximate surface area is 177 Å². The third-order valence-electron chi connectivity index (χ3n) is 5.83. The Morgan fingerprint density at radius 1 is 1.21 bits per heavy atom. The number of nitrogens with two attached hydrogens (primary N) is 1. The van der Waals surface area contributed by atoms with Crippen molar-refractivity contribution in [3.8, 4) is 0 Å². The number of rotatable bonds is 3. The second-order valence-electron chi connectivity index (χ2n) is 7.59. The Bertz CT molecular complexity index is 944. The van der Waals surface area contributed by atoms with E-state index >= 15 is 0 Å². The average molecular weight is 438 g/mol. The molecule has 1 aliphatic heterocycles. The van der Waals surface area contributed by atoms with Crippen LogP contribution in [0.1, 0.15) is 41.6 Å². The molecule has 1 amide bonds. The molecule has 1 saturated heterocycles. The van der Waals surface area contributed by atoms with Crippen LogP contribution in [-0.2, 0) is 5.54 Å². The molecule has 2 aromatic rings. The minimum atomic E-state index is -0.708. The number of hydrogen-bond acceptors (Lipinski definition) is 4. The summed E-state index contributed by atoms with van der Waals surface area (Å²) < 4.78 is 29.0. The van der Waals surface area contributed by atoms with Crippen LogP contribution in [-0.4, -0.2) is 17.2 Å². The monoisotopic (exact) mass is 437 g/mol. The number of nitrogens with one attached hydrogen (secondary N) is 2. The Morgan fingerprint density at radius 2 is 2.03 bits per heavy atom. The largest absolute Gasteiger partial charge is 0.322 e. The van der Waals surface area contributed by atoms with Crippen molar-refractivity contribution < 1.29 is 13.6 Å². The molecule has 2 fully saturated rings. The second kappa shape index (κ2) is 8.22. The Hall–Kier alpha value is -1.67. The summed E-state index contributed by atoms with van der Waals surface area (Å²) in [5, 5.41) is 6.32. The molecule has 0 aromatic heterocycles. The number of thioether (sulfide) groups is 1. The van der Waals surface area contributed by atoms with Crippen molar-refractivity contribution in [2.45, 2.75) is 36.7 Å². The van der Waals surface area contributed by atoms with Gasteiger partial charge >= 0.3 is 0 Å². The van der Waals surface area contributed by atoms with Gasteiger partial charge in [0.2, 0.25) is 0 Å². The van der Waals surface area contributed by atoms with Crippen LogP contribution in [0.15, 0.2) is 36.4 Å². The first-order chi connectivity index (χ1) is 13.9. The smallest absolute Gasteiger partial charge is 0.258 e. The van der Waals surface area contributed by atoms with Gasteiger partial charge in [0, 0.05) is 22.0 Å². The molecule has 4 nitrogen and oxygen atoms in total. The molecule has 3 atom stereocenters. The van der Waals surface area contributed by atoms with Crippen molar-refractivity contribution in [1.82, 2.24) is 5.32 Å². The molecule has 0 radical (unpaired) electrons. The molecule has 4 N–H and O–H groups in total. The molecular formula is C21H22ClF2N3OS. The van der Waals surface area contributed by atoms with Crippen molar-refractivity contribution in [2.75, 3.05) is 11.1 Å². The Balaban J connectivity index is 1.66. The predicted octanol–water partition coefficient (Wildman–Crippen LogP) is 4.83. The standard InChI is InChI=1S/C21H22ClF2N3OS/c22-13-4-6-15(18(24)9-13)19(28)26-14-5-7-17(23)16(10-14)21-8-2-1-3-12(21)11-29-20(25)27-21/h4-7,9-10,12,20,27H,1-3,8,11,25H2,(H,26,28). The summed E-state index contributed by atoms with van der Waals surface area (Å²) in [5.41, 5.74) is 6.11. The van der Waals surface area contributed by atoms with Gasteiger partial charge in [0.1, 0.15) is 17.1 Å². The lowest BCUT2D eigenvalue weighted by Crippen LogP contribution is -2.60. The van der Waals surface area contributed by atoms with Crippen LogP contribution < -0.4 is 16.4 Å². The van der Waals surface area contributed by atoms with Crippen LogP contribution >= 0.6 is 23.4 Å². The molecule has 3 unspecified atom stereocenters. The number of fused-ring (bicyclic) bond motifs is 1. The summed E-state index contributed by atoms with van der Waals surface area (Å²) >= 11 is 7.39. The van der Waals surface area contributed by atoms with Gasteiger partial charge in [-0.2, -0.15) is 0 Å². The number of carbonyl (C=O) groups is 1. The van der Waals surface area contributed by atoms with Gasteiger partial charge in [0.05, 0.1) is 11.1 Å². The van der Waals surface area contributed by atoms with E-state index in [2.05, 4.69) is 10.6 Å². The van der Waals surface area contributed by atoms with E-state index in [1.807, 2.05) is 0 Å². The molecule has 8 heteroatoms. The second-order valence-corrected chi connectivity index (χ2v) is 9.20. The van der Waals surface area contributed by atoms with E-state index < -0.39 is 17.3 Å². The van der Waals surface area contributed by atoms with Gasteiger partial charge in [0.25, 0.3) is 5.91 Å². The number of anilines is 1. The lowest BCUT2D eigenvalue weighted by atomic mass is 9.69. The first kappa shape index (κ1) is 20.6. The minimum Gasteiger partial charge on any atom is -0.322 e. The van der Waals surface area contributed by atoms with E-state index in [0.29, 0.717) is 11.3 Å². The number of amides is 1. The zero-order valence-electron chi connectivity index (χ0n) is 15.7. The molecule has 2 aromatic carbocycles. The lowest BCUT2D eigenvalue weighted by Gasteiger charge is -2.50. The molecule has 154 valence electrons. The number of halogens is 3. The van der Waals surface area contributed by atoms with Crippen LogP contribution in [0.2, 0.25) is 5.02 Å². The fraction of sp³-hybridized carbons (Fsp3) is 0.381. The van der Waals surface area contributed by atoms with Crippen molar-refractivity contribution in [3.63, 3.8) is 0 Å². The SMILES string of the molecule is NC1NC2(c3cc(NC(=O)c4ccc(Cl)cc4F)ccc3F)CCCCC2CS1. The highest BCUT2D eigenvalue weighted by molar-refractivity contribution is 7.99. The number of benzene rings is 2. The van der Waals surface area contributed by atoms with Crippen LogP contribution in [0.3, 0.4) is 0 Å². The summed E-state index contributed by atoms with van der Waals surface area (Å²) in [4.78, 5) is 12.5. The summed E-state index contributed by atoms with van der Waals surface area (Å²) in [7, 11) is 0. The molecule has 29 heavy (non-hydrogen) atoms. The van der Waals surface area contributed by atoms with Crippen molar-refractivity contribution in [3.05, 3.63) is 64.2 Å². The molecule has 1 heterocycles. The summed E-state index contributed by atoms with van der Waals surface area (Å²) in [5.74, 6) is -0.534. The third kappa shape index (κ3) is 4.01. The molecule has 0 spiro atoms. The van der Waals surface area contributed by atoms with E-state index in [-0.39, 0.29) is 27.8 Å². The maximum atomic E-state index is 14.9. The Morgan fingerprint density at radius 3 is 2.83 bits per heavy atom. The van der Waals surface area contributed by atoms with E-state index in [1.165, 1.54) is 24.3 Å². The first-order valence-electron chi connectivity index (χ1n) is 9.60. The van der Waals surface area contributed by atoms with E-state index in [4.69, 9.17) is 17.3 Å². The lowest BCUT2D eigenvalue weighted by molar-refractivity contribution is 0.102. The molecule has 4 rings (SSSR count). The zero-order valence-corrected chi connectivity index (χ0v) is 17.3. The van der Waals surface area contributed by atoms with Gasteiger partial charge in [-0.3, -0.25) is 10.1 Å². The highest BCUT2D eigenvalue weighted by Crippen LogP contribution is 2.47. The summed E-state index contributed by atoms with van der Waals surface area (Å²) in [6.07, 6.45) is 3.87. The molecule has 1 aliphatic carbocycles. The molecule has 0 bridgehead atoms. The fourth-order valence-corrected chi connectivity index (χ4v) is 5.77. The maximum absolute atomic E-state index is 14.9. The van der Waals surface area contributed by atoms with Crippen LogP contribution in [0.4, 0.5) is 14.5 Å². The van der Waals surface area contributed by atoms with Crippen LogP contribution in [0.25, 0.3) is 0 Å². The van der Waals surface area contributed by atoms with Crippen molar-refractivity contribution >= 4 is 35.0 Å². The average Bonchev–Trinajstić information content (AvgIpc) is 2.69. The maximum Gasteiger partial charge on any atom is 0.258 e. The highest BCUT2D eigenvalue weighted by Gasteiger charge is 2.47. The van der Waals surface area contributed by atoms with Gasteiger partial charge in [-0.15, -0.1) is 11.8 Å². The van der Waals surface area contributed by atoms with Gasteiger partial charge in [-0.1, -0.05) is 24.4 Å². The summed E-state index contributed by atoms with van der Waals surface area (Å²) in [6, 6.07) is 8.34. The zero-order chi connectivity index (χ0) is 20.6. The van der Waals surface area contributed by atoms with E-state index in [1.54, 1.807) is 17.8 Å². The quantitative estimate of drug-likeness (QED) is 0.643. The molecule has 2 aliphatic rings. The van der Waals surface area contributed by atoms with E-state index in [0.717, 1.165) is 37.5 Å². The first-order valence-corrected chi connectivity index (χ1v) is 11.0. The number of hydrogen-bond donors (Lipinski definition) is 3. The topological polar surface area (TPSA) is 67.2 Å². The van der Waals surface area contributed by atoms with Crippen molar-refractivity contribution in [1.29, 1.82) is 0 Å². The molecule has 1 saturated carbocycles. The third-order valence-corrected chi connectivity index (χ3v) is 7.13. The number of carbonyl (C=O) groups excluding carboxylic acids is 1. The van der Waals surface area contributed by atoms with Crippen molar-refractivity contribution in [2.24, 2.45) is 11.7 Å². The Kier molecular flexibility index (Phi) is 5.84. The summed E-state index contributed by atoms with van der Waals surface area (Å²) in [6.45, 7) is 0.